The highest BCUT2D eigenvalue weighted by molar-refractivity contribution is 7.09. The van der Waals surface area contributed by atoms with Gasteiger partial charge in [0.1, 0.15) is 5.01 Å². The van der Waals surface area contributed by atoms with Gasteiger partial charge in [0.05, 0.1) is 30.1 Å². The number of para-hydroxylation sites is 2. The molecule has 1 fully saturated rings. The van der Waals surface area contributed by atoms with Crippen LogP contribution in [-0.4, -0.2) is 30.3 Å². The molecule has 1 N–H and O–H groups in total. The maximum atomic E-state index is 5.84. The maximum Gasteiger partial charge on any atom is 0.112 e. The zero-order chi connectivity index (χ0) is 15.5. The molecule has 0 radical (unpaired) electrons. The summed E-state index contributed by atoms with van der Waals surface area (Å²) in [7, 11) is 0. The minimum absolute atomic E-state index is 0.262. The van der Waals surface area contributed by atoms with Gasteiger partial charge >= 0.3 is 0 Å². The average molecular weight is 317 g/mol. The van der Waals surface area contributed by atoms with E-state index in [1.165, 1.54) is 5.69 Å². The highest BCUT2D eigenvalue weighted by Gasteiger charge is 2.23. The fourth-order valence-corrected chi connectivity index (χ4v) is 3.64. The Hall–Kier alpha value is -1.59. The van der Waals surface area contributed by atoms with Gasteiger partial charge in [0.2, 0.25) is 0 Å². The summed E-state index contributed by atoms with van der Waals surface area (Å²) in [6, 6.07) is 8.49. The van der Waals surface area contributed by atoms with E-state index in [9.17, 15) is 0 Å². The number of nitrogens with zero attached hydrogens (tertiary/aromatic N) is 2. The van der Waals surface area contributed by atoms with Crippen LogP contribution in [0.25, 0.3) is 0 Å². The monoisotopic (exact) mass is 317 g/mol. The molecule has 118 valence electrons. The van der Waals surface area contributed by atoms with E-state index in [0.29, 0.717) is 0 Å². The van der Waals surface area contributed by atoms with E-state index in [-0.39, 0.29) is 12.2 Å². The van der Waals surface area contributed by atoms with E-state index >= 15 is 0 Å². The van der Waals surface area contributed by atoms with Crippen molar-refractivity contribution < 1.29 is 4.74 Å². The second-order valence-electron chi connectivity index (χ2n) is 5.92. The summed E-state index contributed by atoms with van der Waals surface area (Å²) in [4.78, 5) is 6.93. The Labute approximate surface area is 136 Å². The van der Waals surface area contributed by atoms with Crippen molar-refractivity contribution in [3.8, 4) is 0 Å². The van der Waals surface area contributed by atoms with E-state index in [1.54, 1.807) is 11.3 Å². The van der Waals surface area contributed by atoms with Crippen molar-refractivity contribution in [1.82, 2.24) is 4.98 Å². The van der Waals surface area contributed by atoms with Crippen LogP contribution in [0.5, 0.6) is 0 Å². The van der Waals surface area contributed by atoms with Crippen molar-refractivity contribution in [2.75, 3.05) is 23.3 Å². The molecule has 2 atom stereocenters. The molecule has 0 amide bonds. The first-order valence-electron chi connectivity index (χ1n) is 7.76. The summed E-state index contributed by atoms with van der Waals surface area (Å²) >= 11 is 1.70. The summed E-state index contributed by atoms with van der Waals surface area (Å²) in [5.74, 6) is 0. The van der Waals surface area contributed by atoms with Crippen LogP contribution < -0.4 is 10.2 Å². The summed E-state index contributed by atoms with van der Waals surface area (Å²) in [5, 5.41) is 6.75. The Balaban J connectivity index is 1.74. The minimum atomic E-state index is 0.262. The first kappa shape index (κ1) is 15.3. The molecular weight excluding hydrogens is 294 g/mol. The molecule has 0 spiro atoms. The van der Waals surface area contributed by atoms with E-state index in [0.717, 1.165) is 36.0 Å². The number of morpholine rings is 1. The number of ether oxygens (including phenoxy) is 1. The van der Waals surface area contributed by atoms with Gasteiger partial charge in [-0.15, -0.1) is 11.3 Å². The van der Waals surface area contributed by atoms with Crippen molar-refractivity contribution in [3.63, 3.8) is 0 Å². The normalized spacial score (nSPS) is 21.9. The van der Waals surface area contributed by atoms with Crippen LogP contribution in [0, 0.1) is 6.92 Å². The third kappa shape index (κ3) is 3.59. The molecule has 2 heterocycles. The number of aromatic nitrogens is 1. The molecule has 4 nitrogen and oxygen atoms in total. The number of hydrogen-bond donors (Lipinski definition) is 1. The fourth-order valence-electron chi connectivity index (χ4n) is 2.93. The van der Waals surface area contributed by atoms with Gasteiger partial charge in [0.15, 0.2) is 0 Å². The molecule has 2 aromatic rings. The van der Waals surface area contributed by atoms with Crippen LogP contribution in [0.3, 0.4) is 0 Å². The largest absolute Gasteiger partial charge is 0.377 e. The molecule has 1 aliphatic rings. The van der Waals surface area contributed by atoms with E-state index < -0.39 is 0 Å². The number of nitrogens with one attached hydrogen (secondary N) is 1. The molecule has 1 aromatic carbocycles. The minimum Gasteiger partial charge on any atom is -0.377 e. The lowest BCUT2D eigenvalue weighted by Crippen LogP contribution is -2.45. The predicted octanol–water partition coefficient (Wildman–Crippen LogP) is 3.68. The predicted molar refractivity (Wildman–Crippen MR) is 92.8 cm³/mol. The van der Waals surface area contributed by atoms with E-state index in [1.807, 2.05) is 6.92 Å². The van der Waals surface area contributed by atoms with Crippen LogP contribution in [0.1, 0.15) is 24.5 Å². The number of anilines is 2. The zero-order valence-corrected chi connectivity index (χ0v) is 14.2. The highest BCUT2D eigenvalue weighted by atomic mass is 32.1. The smallest absolute Gasteiger partial charge is 0.112 e. The average Bonchev–Trinajstić information content (AvgIpc) is 2.90. The van der Waals surface area contributed by atoms with Crippen molar-refractivity contribution >= 4 is 22.7 Å². The number of benzene rings is 1. The molecule has 0 saturated carbocycles. The van der Waals surface area contributed by atoms with E-state index in [4.69, 9.17) is 4.74 Å². The summed E-state index contributed by atoms with van der Waals surface area (Å²) in [6.07, 6.45) is 0.525. The van der Waals surface area contributed by atoms with Crippen molar-refractivity contribution in [3.05, 3.63) is 40.3 Å². The Bertz CT molecular complexity index is 618. The summed E-state index contributed by atoms with van der Waals surface area (Å²) in [6.45, 7) is 8.93. The summed E-state index contributed by atoms with van der Waals surface area (Å²) < 4.78 is 5.84. The molecule has 1 saturated heterocycles. The van der Waals surface area contributed by atoms with Gasteiger partial charge in [-0.3, -0.25) is 0 Å². The Kier molecular flexibility index (Phi) is 4.64. The molecule has 1 aromatic heterocycles. The topological polar surface area (TPSA) is 37.4 Å². The van der Waals surface area contributed by atoms with Gasteiger partial charge in [-0.1, -0.05) is 12.1 Å². The Morgan fingerprint density at radius 3 is 2.68 bits per heavy atom. The van der Waals surface area contributed by atoms with Gasteiger partial charge < -0.3 is 15.0 Å². The van der Waals surface area contributed by atoms with Crippen LogP contribution >= 0.6 is 11.3 Å². The fraction of sp³-hybridized carbons (Fsp3) is 0.471. The lowest BCUT2D eigenvalue weighted by molar-refractivity contribution is -0.00517. The third-order valence-corrected chi connectivity index (χ3v) is 4.73. The van der Waals surface area contributed by atoms with Crippen molar-refractivity contribution in [2.24, 2.45) is 0 Å². The van der Waals surface area contributed by atoms with Crippen LogP contribution in [0.2, 0.25) is 0 Å². The second kappa shape index (κ2) is 6.67. The SMILES string of the molecule is Cc1csc(CNc2ccccc2N2C[C@@H](C)O[C@H](C)C2)n1. The molecule has 22 heavy (non-hydrogen) atoms. The molecular formula is C17H23N3OS. The van der Waals surface area contributed by atoms with Gasteiger partial charge in [-0.2, -0.15) is 0 Å². The quantitative estimate of drug-likeness (QED) is 0.933. The van der Waals surface area contributed by atoms with Crippen LogP contribution in [-0.2, 0) is 11.3 Å². The number of thiazole rings is 1. The van der Waals surface area contributed by atoms with Gasteiger partial charge in [0.25, 0.3) is 0 Å². The highest BCUT2D eigenvalue weighted by Crippen LogP contribution is 2.29. The molecule has 1 aliphatic heterocycles. The van der Waals surface area contributed by atoms with Gasteiger partial charge in [-0.05, 0) is 32.9 Å². The molecule has 0 bridgehead atoms. The van der Waals surface area contributed by atoms with Crippen LogP contribution in [0.4, 0.5) is 11.4 Å². The first-order valence-corrected chi connectivity index (χ1v) is 8.64. The number of aryl methyl sites for hydroxylation is 1. The Morgan fingerprint density at radius 2 is 2.00 bits per heavy atom. The van der Waals surface area contributed by atoms with Gasteiger partial charge in [-0.25, -0.2) is 4.98 Å². The molecule has 0 aliphatic carbocycles. The van der Waals surface area contributed by atoms with E-state index in [2.05, 4.69) is 58.7 Å². The van der Waals surface area contributed by atoms with Crippen LogP contribution in [0.15, 0.2) is 29.6 Å². The number of hydrogen-bond acceptors (Lipinski definition) is 5. The van der Waals surface area contributed by atoms with Gasteiger partial charge in [0, 0.05) is 24.2 Å². The maximum absolute atomic E-state index is 5.84. The third-order valence-electron chi connectivity index (χ3n) is 3.76. The lowest BCUT2D eigenvalue weighted by atomic mass is 10.1. The van der Waals surface area contributed by atoms with Crippen molar-refractivity contribution in [1.29, 1.82) is 0 Å². The standard InChI is InChI=1S/C17H23N3OS/c1-12-11-22-17(19-12)8-18-15-6-4-5-7-16(15)20-9-13(2)21-14(3)10-20/h4-7,11,13-14,18H,8-10H2,1-3H3/t13-,14-/m1/s1. The lowest BCUT2D eigenvalue weighted by Gasteiger charge is -2.37. The molecule has 3 rings (SSSR count). The molecule has 5 heteroatoms. The first-order chi connectivity index (χ1) is 10.6. The molecule has 0 unspecified atom stereocenters. The second-order valence-corrected chi connectivity index (χ2v) is 6.86. The number of rotatable bonds is 4. The zero-order valence-electron chi connectivity index (χ0n) is 13.4. The van der Waals surface area contributed by atoms with Crippen molar-refractivity contribution in [2.45, 2.75) is 39.5 Å². The summed E-state index contributed by atoms with van der Waals surface area (Å²) in [5.41, 5.74) is 3.50. The Morgan fingerprint density at radius 1 is 1.27 bits per heavy atom.